The minimum Gasteiger partial charge on any atom is -0.399 e. The lowest BCUT2D eigenvalue weighted by Gasteiger charge is -2.34. The van der Waals surface area contributed by atoms with Crippen LogP contribution in [0.5, 0.6) is 0 Å². The van der Waals surface area contributed by atoms with Gasteiger partial charge in [0.05, 0.1) is 39.2 Å². The molecule has 0 spiro atoms. The fourth-order valence-electron chi connectivity index (χ4n) is 12.2. The van der Waals surface area contributed by atoms with Gasteiger partial charge >= 0.3 is 14.2 Å². The average molecular weight is 1060 g/mol. The van der Waals surface area contributed by atoms with Crippen molar-refractivity contribution in [1.29, 1.82) is 0 Å². The lowest BCUT2D eigenvalue weighted by Crippen LogP contribution is -2.41. The second-order valence-corrected chi connectivity index (χ2v) is 23.7. The second kappa shape index (κ2) is 20.1. The van der Waals surface area contributed by atoms with Crippen LogP contribution in [0.3, 0.4) is 0 Å². The molecule has 10 aromatic rings. The van der Waals surface area contributed by atoms with Crippen LogP contribution in [0.15, 0.2) is 255 Å². The van der Waals surface area contributed by atoms with E-state index in [1.807, 2.05) is 0 Å². The van der Waals surface area contributed by atoms with Crippen LogP contribution in [0.2, 0.25) is 0 Å². The van der Waals surface area contributed by atoms with Crippen molar-refractivity contribution in [1.82, 2.24) is 0 Å². The molecule has 0 unspecified atom stereocenters. The maximum absolute atomic E-state index is 6.57. The third kappa shape index (κ3) is 8.93. The average Bonchev–Trinajstić information content (AvgIpc) is 2.44. The summed E-state index contributed by atoms with van der Waals surface area (Å²) < 4.78 is 26.3. The molecule has 2 fully saturated rings. The van der Waals surface area contributed by atoms with Crippen LogP contribution in [0.25, 0.3) is 33.4 Å². The summed E-state index contributed by atoms with van der Waals surface area (Å²) >= 11 is 0. The van der Waals surface area contributed by atoms with E-state index in [-0.39, 0.29) is 0 Å². The highest BCUT2D eigenvalue weighted by Crippen LogP contribution is 2.59. The zero-order valence-corrected chi connectivity index (χ0v) is 47.4. The molecule has 0 saturated carbocycles. The first-order chi connectivity index (χ1) is 39.1. The van der Waals surface area contributed by atoms with Crippen molar-refractivity contribution < 1.29 is 18.6 Å². The van der Waals surface area contributed by atoms with Crippen LogP contribution < -0.4 is 20.7 Å². The summed E-state index contributed by atoms with van der Waals surface area (Å²) in [5.41, 5.74) is 17.3. The molecular formula is C73H66B2N2O4. The monoisotopic (exact) mass is 1060 g/mol. The van der Waals surface area contributed by atoms with Gasteiger partial charge in [-0.1, -0.05) is 194 Å². The van der Waals surface area contributed by atoms with E-state index in [1.165, 1.54) is 22.3 Å². The summed E-state index contributed by atoms with van der Waals surface area (Å²) in [4.78, 5) is 4.82. The minimum atomic E-state index is -0.654. The van der Waals surface area contributed by atoms with Crippen LogP contribution in [0.1, 0.15) is 77.6 Å². The van der Waals surface area contributed by atoms with E-state index >= 15 is 0 Å². The van der Waals surface area contributed by atoms with E-state index < -0.39 is 42.1 Å². The molecule has 81 heavy (non-hydrogen) atoms. The van der Waals surface area contributed by atoms with E-state index in [2.05, 4.69) is 320 Å². The van der Waals surface area contributed by atoms with Crippen molar-refractivity contribution in [3.63, 3.8) is 0 Å². The summed E-state index contributed by atoms with van der Waals surface area (Å²) in [6.45, 7) is 16.8. The van der Waals surface area contributed by atoms with Gasteiger partial charge in [-0.25, -0.2) is 0 Å². The number of nitrogens with zero attached hydrogens (tertiary/aromatic N) is 2. The molecule has 6 nitrogen and oxygen atoms in total. The highest BCUT2D eigenvalue weighted by molar-refractivity contribution is 6.62. The number of fused-ring (bicyclic) bond motifs is 3. The highest BCUT2D eigenvalue weighted by Gasteiger charge is 2.53. The molecule has 13 rings (SSSR count). The van der Waals surface area contributed by atoms with Crippen molar-refractivity contribution >= 4 is 59.3 Å². The maximum atomic E-state index is 6.57. The Morgan fingerprint density at radius 2 is 0.580 bits per heavy atom. The second-order valence-electron chi connectivity index (χ2n) is 23.7. The Morgan fingerprint density at radius 3 is 0.926 bits per heavy atom. The van der Waals surface area contributed by atoms with Gasteiger partial charge in [0.1, 0.15) is 0 Å². The van der Waals surface area contributed by atoms with Gasteiger partial charge in [0.25, 0.3) is 0 Å². The van der Waals surface area contributed by atoms with Crippen molar-refractivity contribution in [2.75, 3.05) is 9.80 Å². The molecule has 0 bridgehead atoms. The summed E-state index contributed by atoms with van der Waals surface area (Å²) in [6.07, 6.45) is 0. The van der Waals surface area contributed by atoms with Gasteiger partial charge in [-0.2, -0.15) is 0 Å². The molecule has 0 atom stereocenters. The molecule has 2 heterocycles. The Bertz CT molecular complexity index is 3620. The zero-order chi connectivity index (χ0) is 55.7. The molecule has 0 N–H and O–H groups in total. The van der Waals surface area contributed by atoms with E-state index in [1.54, 1.807) is 0 Å². The predicted octanol–water partition coefficient (Wildman–Crippen LogP) is 16.9. The standard InChI is InChI=1S/C73H66B2N2O4/c1-69(2)70(3,4)79-74(78-69)55-37-41-57(42-38-55)76(67-35-23-21-33-61(67)51-25-13-9-14-26-51)59-45-47-65-63(49-59)64-50-60(46-48-66(64)73(65,53-29-17-11-18-30-53)54-31-19-12-20-32-54)77(68-36-24-22-34-62(68)52-27-15-10-16-28-52)58-43-39-56(40-44-58)75-80-71(5,6)72(7,8)81-75/h9-50H,1-8H3. The molecule has 3 aliphatic rings. The van der Waals surface area contributed by atoms with E-state index in [4.69, 9.17) is 18.6 Å². The Labute approximate surface area is 478 Å². The van der Waals surface area contributed by atoms with E-state index in [0.29, 0.717) is 0 Å². The van der Waals surface area contributed by atoms with Crippen LogP contribution in [0, 0.1) is 0 Å². The topological polar surface area (TPSA) is 43.4 Å². The first-order valence-corrected chi connectivity index (χ1v) is 28.3. The smallest absolute Gasteiger partial charge is 0.399 e. The number of rotatable bonds is 12. The van der Waals surface area contributed by atoms with Crippen molar-refractivity contribution in [3.05, 3.63) is 277 Å². The third-order valence-corrected chi connectivity index (χ3v) is 17.8. The fraction of sp³-hybridized carbons (Fsp3) is 0.178. The predicted molar refractivity (Wildman–Crippen MR) is 335 cm³/mol. The number of hydrogen-bond acceptors (Lipinski definition) is 6. The Hall–Kier alpha value is -8.23. The lowest BCUT2D eigenvalue weighted by atomic mass is 9.67. The molecule has 10 aromatic carbocycles. The van der Waals surface area contributed by atoms with Gasteiger partial charge in [-0.05, 0) is 171 Å². The first kappa shape index (κ1) is 52.2. The molecule has 0 amide bonds. The third-order valence-electron chi connectivity index (χ3n) is 17.8. The van der Waals surface area contributed by atoms with Crippen molar-refractivity contribution in [3.8, 4) is 33.4 Å². The molecule has 2 aliphatic heterocycles. The van der Waals surface area contributed by atoms with Gasteiger partial charge in [0.15, 0.2) is 0 Å². The van der Waals surface area contributed by atoms with Crippen molar-refractivity contribution in [2.45, 2.75) is 83.2 Å². The highest BCUT2D eigenvalue weighted by atomic mass is 16.7. The van der Waals surface area contributed by atoms with E-state index in [0.717, 1.165) is 78.4 Å². The summed E-state index contributed by atoms with van der Waals surface area (Å²) in [5, 5.41) is 0. The Kier molecular flexibility index (Phi) is 12.9. The molecule has 2 saturated heterocycles. The number of anilines is 6. The SMILES string of the molecule is CC1(C)OB(c2ccc(N(c3ccc4c(c3)-c3cc(N(c5ccc(B6OC(C)(C)C(C)(C)O6)cc5)c5ccccc5-c5ccccc5)ccc3C4(c3ccccc3)c3ccccc3)c3ccccc3-c3ccccc3)cc2)OC1(C)C. The van der Waals surface area contributed by atoms with Crippen molar-refractivity contribution in [2.24, 2.45) is 0 Å². The molecule has 0 radical (unpaired) electrons. The van der Waals surface area contributed by atoms with Crippen LogP contribution in [-0.2, 0) is 24.0 Å². The number of hydrogen-bond donors (Lipinski definition) is 0. The molecule has 0 aromatic heterocycles. The number of para-hydroxylation sites is 2. The van der Waals surface area contributed by atoms with Gasteiger partial charge in [-0.3, -0.25) is 0 Å². The Morgan fingerprint density at radius 1 is 0.284 bits per heavy atom. The van der Waals surface area contributed by atoms with Gasteiger partial charge in [0.2, 0.25) is 0 Å². The largest absolute Gasteiger partial charge is 0.494 e. The molecule has 398 valence electrons. The molecule has 8 heteroatoms. The normalized spacial score (nSPS) is 16.9. The summed E-state index contributed by atoms with van der Waals surface area (Å²) in [5.74, 6) is 0. The van der Waals surface area contributed by atoms with E-state index in [9.17, 15) is 0 Å². The fourth-order valence-corrected chi connectivity index (χ4v) is 12.2. The quantitative estimate of drug-likeness (QED) is 0.114. The van der Waals surface area contributed by atoms with Gasteiger partial charge < -0.3 is 28.4 Å². The summed E-state index contributed by atoms with van der Waals surface area (Å²) in [6, 6.07) is 92.7. The van der Waals surface area contributed by atoms with Gasteiger partial charge in [0, 0.05) is 33.9 Å². The van der Waals surface area contributed by atoms with Crippen LogP contribution in [-0.4, -0.2) is 36.6 Å². The molecular weight excluding hydrogens is 990 g/mol. The van der Waals surface area contributed by atoms with Gasteiger partial charge in [-0.15, -0.1) is 0 Å². The number of benzene rings is 10. The Balaban J connectivity index is 1.03. The zero-order valence-electron chi connectivity index (χ0n) is 47.4. The first-order valence-electron chi connectivity index (χ1n) is 28.3. The van der Waals surface area contributed by atoms with Crippen LogP contribution in [0.4, 0.5) is 34.1 Å². The van der Waals surface area contributed by atoms with Crippen LogP contribution >= 0.6 is 0 Å². The maximum Gasteiger partial charge on any atom is 0.494 e. The lowest BCUT2D eigenvalue weighted by molar-refractivity contribution is 0.00578. The minimum absolute atomic E-state index is 0.464. The summed E-state index contributed by atoms with van der Waals surface area (Å²) in [7, 11) is -0.979. The molecule has 1 aliphatic carbocycles.